The van der Waals surface area contributed by atoms with Gasteiger partial charge in [0.05, 0.1) is 0 Å². The lowest BCUT2D eigenvalue weighted by Gasteiger charge is -2.22. The summed E-state index contributed by atoms with van der Waals surface area (Å²) in [6.07, 6.45) is 0. The Labute approximate surface area is 150 Å². The standard InChI is InChI=1S/C19H18FN3O3/c1-12-3-5-13(6-4-12)19(2)17(25)23(18(26)22-19)11-16(24)21-15-9-7-14(20)8-10-15/h3-10H,11H2,1-2H3,(H,21,24)(H,22,26). The van der Waals surface area contributed by atoms with Crippen LogP contribution < -0.4 is 10.6 Å². The number of aryl methyl sites for hydroxylation is 1. The van der Waals surface area contributed by atoms with Crippen molar-refractivity contribution in [2.75, 3.05) is 11.9 Å². The Morgan fingerprint density at radius 3 is 2.35 bits per heavy atom. The van der Waals surface area contributed by atoms with E-state index in [-0.39, 0.29) is 0 Å². The first kappa shape index (κ1) is 17.6. The van der Waals surface area contributed by atoms with Gasteiger partial charge in [0.2, 0.25) is 5.91 Å². The van der Waals surface area contributed by atoms with Crippen molar-refractivity contribution in [3.8, 4) is 0 Å². The van der Waals surface area contributed by atoms with Crippen LogP contribution in [-0.2, 0) is 15.1 Å². The van der Waals surface area contributed by atoms with Gasteiger partial charge in [-0.3, -0.25) is 14.5 Å². The Bertz CT molecular complexity index is 865. The van der Waals surface area contributed by atoms with Crippen LogP contribution in [0.1, 0.15) is 18.1 Å². The Morgan fingerprint density at radius 2 is 1.73 bits per heavy atom. The normalized spacial score (nSPS) is 19.4. The molecule has 7 heteroatoms. The first-order valence-corrected chi connectivity index (χ1v) is 8.06. The summed E-state index contributed by atoms with van der Waals surface area (Å²) >= 11 is 0. The van der Waals surface area contributed by atoms with E-state index in [0.29, 0.717) is 11.3 Å². The molecule has 0 radical (unpaired) electrons. The van der Waals surface area contributed by atoms with Crippen LogP contribution in [0.2, 0.25) is 0 Å². The largest absolute Gasteiger partial charge is 0.325 e. The molecule has 0 aliphatic carbocycles. The van der Waals surface area contributed by atoms with Crippen LogP contribution in [0.3, 0.4) is 0 Å². The molecule has 134 valence electrons. The molecule has 2 N–H and O–H groups in total. The molecule has 4 amide bonds. The maximum absolute atomic E-state index is 12.9. The minimum absolute atomic E-state index is 0.379. The highest BCUT2D eigenvalue weighted by Crippen LogP contribution is 2.28. The minimum atomic E-state index is -1.22. The molecule has 1 fully saturated rings. The van der Waals surface area contributed by atoms with Crippen molar-refractivity contribution in [1.82, 2.24) is 10.2 Å². The molecule has 6 nitrogen and oxygen atoms in total. The first-order chi connectivity index (χ1) is 12.3. The summed E-state index contributed by atoms with van der Waals surface area (Å²) in [4.78, 5) is 38.0. The number of hydrogen-bond donors (Lipinski definition) is 2. The zero-order valence-electron chi connectivity index (χ0n) is 14.4. The van der Waals surface area contributed by atoms with Crippen LogP contribution in [0, 0.1) is 12.7 Å². The van der Waals surface area contributed by atoms with Crippen LogP contribution in [-0.4, -0.2) is 29.3 Å². The third-order valence-electron chi connectivity index (χ3n) is 4.33. The molecule has 1 aliphatic rings. The van der Waals surface area contributed by atoms with E-state index in [1.165, 1.54) is 24.3 Å². The van der Waals surface area contributed by atoms with E-state index in [1.54, 1.807) is 19.1 Å². The summed E-state index contributed by atoms with van der Waals surface area (Å²) in [5, 5.41) is 5.18. The van der Waals surface area contributed by atoms with Gasteiger partial charge >= 0.3 is 6.03 Å². The van der Waals surface area contributed by atoms with Crippen LogP contribution >= 0.6 is 0 Å². The smallest absolute Gasteiger partial charge is 0.325 e. The van der Waals surface area contributed by atoms with Gasteiger partial charge in [0.15, 0.2) is 0 Å². The van der Waals surface area contributed by atoms with Gasteiger partial charge in [-0.25, -0.2) is 9.18 Å². The van der Waals surface area contributed by atoms with Crippen LogP contribution in [0.25, 0.3) is 0 Å². The van der Waals surface area contributed by atoms with Crippen molar-refractivity contribution in [1.29, 1.82) is 0 Å². The highest BCUT2D eigenvalue weighted by atomic mass is 19.1. The van der Waals surface area contributed by atoms with Crippen LogP contribution in [0.15, 0.2) is 48.5 Å². The number of carbonyl (C=O) groups is 3. The summed E-state index contributed by atoms with van der Waals surface area (Å²) in [6.45, 7) is 3.10. The van der Waals surface area contributed by atoms with E-state index in [1.807, 2.05) is 19.1 Å². The summed E-state index contributed by atoms with van der Waals surface area (Å²) in [7, 11) is 0. The van der Waals surface area contributed by atoms with Crippen molar-refractivity contribution < 1.29 is 18.8 Å². The molecule has 1 saturated heterocycles. The maximum Gasteiger partial charge on any atom is 0.325 e. The lowest BCUT2D eigenvalue weighted by Crippen LogP contribution is -2.42. The molecule has 1 aliphatic heterocycles. The van der Waals surface area contributed by atoms with Crippen molar-refractivity contribution in [2.24, 2.45) is 0 Å². The van der Waals surface area contributed by atoms with Crippen molar-refractivity contribution in [2.45, 2.75) is 19.4 Å². The van der Waals surface area contributed by atoms with Gasteiger partial charge in [-0.2, -0.15) is 0 Å². The second-order valence-electron chi connectivity index (χ2n) is 6.37. The molecule has 1 atom stereocenters. The number of amides is 4. The van der Waals surface area contributed by atoms with E-state index in [2.05, 4.69) is 10.6 Å². The van der Waals surface area contributed by atoms with E-state index in [4.69, 9.17) is 0 Å². The number of rotatable bonds is 4. The molecule has 1 unspecified atom stereocenters. The Hall–Kier alpha value is -3.22. The highest BCUT2D eigenvalue weighted by Gasteiger charge is 2.49. The molecule has 26 heavy (non-hydrogen) atoms. The number of hydrogen-bond acceptors (Lipinski definition) is 3. The molecular weight excluding hydrogens is 337 g/mol. The second-order valence-corrected chi connectivity index (χ2v) is 6.37. The topological polar surface area (TPSA) is 78.5 Å². The van der Waals surface area contributed by atoms with Gasteiger partial charge in [-0.15, -0.1) is 0 Å². The van der Waals surface area contributed by atoms with Crippen molar-refractivity contribution in [3.63, 3.8) is 0 Å². The number of nitrogens with zero attached hydrogens (tertiary/aromatic N) is 1. The lowest BCUT2D eigenvalue weighted by molar-refractivity contribution is -0.133. The fourth-order valence-electron chi connectivity index (χ4n) is 2.80. The molecule has 3 rings (SSSR count). The van der Waals surface area contributed by atoms with Crippen molar-refractivity contribution >= 4 is 23.5 Å². The molecule has 2 aromatic rings. The highest BCUT2D eigenvalue weighted by molar-refractivity contribution is 6.10. The van der Waals surface area contributed by atoms with Gasteiger partial charge in [-0.1, -0.05) is 29.8 Å². The van der Waals surface area contributed by atoms with Gasteiger partial charge in [0, 0.05) is 5.69 Å². The Kier molecular flexibility index (Phi) is 4.46. The SMILES string of the molecule is Cc1ccc(C2(C)NC(=O)N(CC(=O)Nc3ccc(F)cc3)C2=O)cc1. The molecule has 0 spiro atoms. The average molecular weight is 355 g/mol. The maximum atomic E-state index is 12.9. The molecule has 0 saturated carbocycles. The molecule has 1 heterocycles. The van der Waals surface area contributed by atoms with Gasteiger partial charge in [-0.05, 0) is 43.7 Å². The van der Waals surface area contributed by atoms with Crippen LogP contribution in [0.4, 0.5) is 14.9 Å². The Morgan fingerprint density at radius 1 is 1.12 bits per heavy atom. The van der Waals surface area contributed by atoms with E-state index in [9.17, 15) is 18.8 Å². The molecular formula is C19H18FN3O3. The monoisotopic (exact) mass is 355 g/mol. The second kappa shape index (κ2) is 6.59. The fraction of sp³-hybridized carbons (Fsp3) is 0.211. The van der Waals surface area contributed by atoms with Gasteiger partial charge < -0.3 is 10.6 Å². The zero-order valence-corrected chi connectivity index (χ0v) is 14.4. The van der Waals surface area contributed by atoms with E-state index >= 15 is 0 Å². The van der Waals surface area contributed by atoms with Gasteiger partial charge in [0.25, 0.3) is 5.91 Å². The summed E-state index contributed by atoms with van der Waals surface area (Å²) in [5.74, 6) is -1.47. The van der Waals surface area contributed by atoms with Crippen molar-refractivity contribution in [3.05, 3.63) is 65.5 Å². The number of halogens is 1. The third kappa shape index (κ3) is 3.28. The number of carbonyl (C=O) groups excluding carboxylic acids is 3. The first-order valence-electron chi connectivity index (χ1n) is 8.06. The third-order valence-corrected chi connectivity index (χ3v) is 4.33. The summed E-state index contributed by atoms with van der Waals surface area (Å²) in [6, 6.07) is 11.8. The molecule has 0 aromatic heterocycles. The number of urea groups is 1. The molecule has 2 aromatic carbocycles. The number of anilines is 1. The lowest BCUT2D eigenvalue weighted by atomic mass is 9.91. The number of benzene rings is 2. The molecule has 0 bridgehead atoms. The number of nitrogens with one attached hydrogen (secondary N) is 2. The summed E-state index contributed by atoms with van der Waals surface area (Å²) in [5.41, 5.74) is 0.832. The Balaban J connectivity index is 1.73. The minimum Gasteiger partial charge on any atom is -0.325 e. The number of imide groups is 1. The van der Waals surface area contributed by atoms with Crippen LogP contribution in [0.5, 0.6) is 0 Å². The predicted octanol–water partition coefficient (Wildman–Crippen LogP) is 2.54. The van der Waals surface area contributed by atoms with E-state index in [0.717, 1.165) is 10.5 Å². The average Bonchev–Trinajstić information content (AvgIpc) is 2.82. The quantitative estimate of drug-likeness (QED) is 0.828. The zero-order chi connectivity index (χ0) is 18.9. The van der Waals surface area contributed by atoms with E-state index < -0.39 is 35.7 Å². The van der Waals surface area contributed by atoms with Gasteiger partial charge in [0.1, 0.15) is 17.9 Å². The predicted molar refractivity (Wildman–Crippen MR) is 93.8 cm³/mol. The fourth-order valence-corrected chi connectivity index (χ4v) is 2.80. The summed E-state index contributed by atoms with van der Waals surface area (Å²) < 4.78 is 12.9.